The van der Waals surface area contributed by atoms with Crippen LogP contribution in [0.5, 0.6) is 0 Å². The molecule has 140 valence electrons. The van der Waals surface area contributed by atoms with Gasteiger partial charge in [-0.15, -0.1) is 10.2 Å². The summed E-state index contributed by atoms with van der Waals surface area (Å²) in [5.74, 6) is 0.340. The summed E-state index contributed by atoms with van der Waals surface area (Å²) in [5, 5.41) is 12.0. The minimum absolute atomic E-state index is 0.00624. The number of para-hydroxylation sites is 1. The van der Waals surface area contributed by atoms with Crippen molar-refractivity contribution in [3.8, 4) is 0 Å². The second kappa shape index (κ2) is 7.95. The van der Waals surface area contributed by atoms with Gasteiger partial charge in [-0.25, -0.2) is 0 Å². The molecule has 2 aromatic heterocycles. The molecule has 6 nitrogen and oxygen atoms in total. The van der Waals surface area contributed by atoms with Gasteiger partial charge in [0.1, 0.15) is 0 Å². The summed E-state index contributed by atoms with van der Waals surface area (Å²) in [6.07, 6.45) is 0. The van der Waals surface area contributed by atoms with E-state index in [0.717, 1.165) is 16.8 Å². The van der Waals surface area contributed by atoms with E-state index in [1.54, 1.807) is 24.3 Å². The van der Waals surface area contributed by atoms with E-state index in [0.29, 0.717) is 26.2 Å². The first kappa shape index (κ1) is 18.4. The molecule has 2 N–H and O–H groups in total. The lowest BCUT2D eigenvalue weighted by atomic mass is 10.1. The molecule has 2 heterocycles. The third-order valence-corrected chi connectivity index (χ3v) is 6.11. The zero-order chi connectivity index (χ0) is 19.5. The Morgan fingerprint density at radius 3 is 2.75 bits per heavy atom. The van der Waals surface area contributed by atoms with Gasteiger partial charge >= 0.3 is 0 Å². The highest BCUT2D eigenvalue weighted by Crippen LogP contribution is 2.28. The first-order chi connectivity index (χ1) is 13.6. The van der Waals surface area contributed by atoms with Crippen LogP contribution in [0.25, 0.3) is 10.9 Å². The summed E-state index contributed by atoms with van der Waals surface area (Å²) in [7, 11) is 0. The molecule has 1 amide bonds. The molecular weight excluding hydrogens is 392 g/mol. The maximum atomic E-state index is 12.3. The van der Waals surface area contributed by atoms with Crippen molar-refractivity contribution in [1.29, 1.82) is 0 Å². The number of carbonyl (C=O) groups excluding carboxylic acids is 1. The van der Waals surface area contributed by atoms with Crippen LogP contribution in [0.3, 0.4) is 0 Å². The lowest BCUT2D eigenvalue weighted by Crippen LogP contribution is -2.11. The Bertz CT molecular complexity index is 1200. The van der Waals surface area contributed by atoms with Crippen LogP contribution >= 0.6 is 23.1 Å². The first-order valence-electron chi connectivity index (χ1n) is 8.54. The quantitative estimate of drug-likeness (QED) is 0.381. The van der Waals surface area contributed by atoms with Crippen molar-refractivity contribution in [3.05, 3.63) is 81.6 Å². The summed E-state index contributed by atoms with van der Waals surface area (Å²) < 4.78 is 0.716. The number of benzene rings is 2. The Morgan fingerprint density at radius 2 is 1.93 bits per heavy atom. The Labute approximate surface area is 169 Å². The fourth-order valence-corrected chi connectivity index (χ4v) is 4.32. The molecule has 0 aliphatic rings. The zero-order valence-electron chi connectivity index (χ0n) is 14.9. The highest BCUT2D eigenvalue weighted by molar-refractivity contribution is 8.00. The van der Waals surface area contributed by atoms with Gasteiger partial charge in [0.25, 0.3) is 5.91 Å². The fraction of sp³-hybridized carbons (Fsp3) is 0.100. The maximum absolute atomic E-state index is 12.3. The Morgan fingerprint density at radius 1 is 1.14 bits per heavy atom. The second-order valence-corrected chi connectivity index (χ2v) is 8.39. The monoisotopic (exact) mass is 408 g/mol. The van der Waals surface area contributed by atoms with Crippen molar-refractivity contribution < 1.29 is 4.79 Å². The van der Waals surface area contributed by atoms with Crippen molar-refractivity contribution in [2.75, 3.05) is 5.32 Å². The van der Waals surface area contributed by atoms with Gasteiger partial charge in [0, 0.05) is 34.0 Å². The summed E-state index contributed by atoms with van der Waals surface area (Å²) in [6.45, 7) is 1.97. The number of nitrogens with one attached hydrogen (secondary N) is 2. The van der Waals surface area contributed by atoms with E-state index in [4.69, 9.17) is 0 Å². The van der Waals surface area contributed by atoms with Crippen molar-refractivity contribution in [3.63, 3.8) is 0 Å². The molecule has 0 fully saturated rings. The molecule has 0 bridgehead atoms. The maximum Gasteiger partial charge on any atom is 0.257 e. The molecule has 4 rings (SSSR count). The summed E-state index contributed by atoms with van der Waals surface area (Å²) in [6, 6.07) is 16.4. The molecule has 2 aromatic carbocycles. The number of nitrogens with zero attached hydrogens (tertiary/aromatic N) is 2. The molecule has 4 aromatic rings. The van der Waals surface area contributed by atoms with Crippen LogP contribution in [-0.4, -0.2) is 21.1 Å². The molecule has 0 saturated carbocycles. The number of hydrogen-bond acceptors (Lipinski definition) is 6. The van der Waals surface area contributed by atoms with Crippen molar-refractivity contribution >= 4 is 45.0 Å². The number of aromatic amines is 1. The van der Waals surface area contributed by atoms with Gasteiger partial charge in [-0.3, -0.25) is 14.9 Å². The second-order valence-electron chi connectivity index (χ2n) is 6.19. The van der Waals surface area contributed by atoms with Crippen LogP contribution in [-0.2, 0) is 5.75 Å². The normalized spacial score (nSPS) is 10.9. The molecule has 8 heteroatoms. The summed E-state index contributed by atoms with van der Waals surface area (Å²) in [5.41, 5.74) is 3.29. The number of pyridine rings is 1. The van der Waals surface area contributed by atoms with Gasteiger partial charge in [0.05, 0.1) is 0 Å². The molecule has 0 aliphatic heterocycles. The lowest BCUT2D eigenvalue weighted by molar-refractivity contribution is 0.102. The minimum Gasteiger partial charge on any atom is -0.357 e. The smallest absolute Gasteiger partial charge is 0.257 e. The number of fused-ring (bicyclic) bond motifs is 1. The Balaban J connectivity index is 1.42. The topological polar surface area (TPSA) is 87.7 Å². The van der Waals surface area contributed by atoms with Crippen LogP contribution in [0.2, 0.25) is 0 Å². The summed E-state index contributed by atoms with van der Waals surface area (Å²) >= 11 is 2.76. The third kappa shape index (κ3) is 4.13. The summed E-state index contributed by atoms with van der Waals surface area (Å²) in [4.78, 5) is 27.7. The van der Waals surface area contributed by atoms with Crippen molar-refractivity contribution in [2.24, 2.45) is 0 Å². The van der Waals surface area contributed by atoms with Crippen molar-refractivity contribution in [1.82, 2.24) is 15.2 Å². The molecule has 28 heavy (non-hydrogen) atoms. The van der Waals surface area contributed by atoms with E-state index < -0.39 is 0 Å². The van der Waals surface area contributed by atoms with E-state index >= 15 is 0 Å². The van der Waals surface area contributed by atoms with Crippen LogP contribution in [0.4, 0.5) is 5.13 Å². The number of amides is 1. The van der Waals surface area contributed by atoms with E-state index in [9.17, 15) is 9.59 Å². The number of H-pyrrole nitrogens is 1. The molecule has 0 unspecified atom stereocenters. The predicted octanol–water partition coefficient (Wildman–Crippen LogP) is 4.23. The Kier molecular flexibility index (Phi) is 5.23. The largest absolute Gasteiger partial charge is 0.357 e. The van der Waals surface area contributed by atoms with Crippen LogP contribution in [0.1, 0.15) is 21.6 Å². The number of rotatable bonds is 5. The molecule has 0 saturated heterocycles. The number of thioether (sulfide) groups is 1. The average Bonchev–Trinajstić information content (AvgIpc) is 3.14. The van der Waals surface area contributed by atoms with Crippen molar-refractivity contribution in [2.45, 2.75) is 17.0 Å². The highest BCUT2D eigenvalue weighted by atomic mass is 32.2. The highest BCUT2D eigenvalue weighted by Gasteiger charge is 2.11. The molecule has 0 atom stereocenters. The van der Waals surface area contributed by atoms with Crippen LogP contribution < -0.4 is 10.7 Å². The van der Waals surface area contributed by atoms with Gasteiger partial charge in [0.15, 0.2) is 9.77 Å². The van der Waals surface area contributed by atoms with Crippen LogP contribution in [0.15, 0.2) is 63.7 Å². The molecule has 0 radical (unpaired) electrons. The first-order valence-corrected chi connectivity index (χ1v) is 10.3. The van der Waals surface area contributed by atoms with E-state index in [1.807, 2.05) is 37.3 Å². The number of anilines is 1. The van der Waals surface area contributed by atoms with Gasteiger partial charge in [-0.05, 0) is 31.2 Å². The number of aryl methyl sites for hydroxylation is 1. The Hall–Kier alpha value is -2.97. The van der Waals surface area contributed by atoms with Gasteiger partial charge in [0.2, 0.25) is 5.13 Å². The van der Waals surface area contributed by atoms with Gasteiger partial charge in [-0.2, -0.15) is 0 Å². The minimum atomic E-state index is -0.216. The average molecular weight is 409 g/mol. The number of hydrogen-bond donors (Lipinski definition) is 2. The fourth-order valence-electron chi connectivity index (χ4n) is 2.66. The van der Waals surface area contributed by atoms with E-state index in [1.165, 1.54) is 23.1 Å². The van der Waals surface area contributed by atoms with E-state index in [-0.39, 0.29) is 11.3 Å². The zero-order valence-corrected chi connectivity index (χ0v) is 16.6. The van der Waals surface area contributed by atoms with Gasteiger partial charge < -0.3 is 4.98 Å². The molecular formula is C20H16N4O2S2. The predicted molar refractivity (Wildman–Crippen MR) is 113 cm³/mol. The lowest BCUT2D eigenvalue weighted by Gasteiger charge is -2.02. The molecule has 0 spiro atoms. The molecule has 0 aliphatic carbocycles. The standard InChI is InChI=1S/C20H16N4O2S2/c1-12-6-8-13(9-7-12)18(26)22-19-23-24-20(28-19)27-11-14-10-17(25)15-4-2-3-5-16(15)21-14/h2-10H,11H2,1H3,(H,21,25)(H,22,23,26). The van der Waals surface area contributed by atoms with E-state index in [2.05, 4.69) is 20.5 Å². The number of aromatic nitrogens is 3. The number of carbonyl (C=O) groups is 1. The third-order valence-electron chi connectivity index (χ3n) is 4.08. The van der Waals surface area contributed by atoms with Crippen LogP contribution in [0, 0.1) is 6.92 Å². The van der Waals surface area contributed by atoms with Gasteiger partial charge in [-0.1, -0.05) is 52.9 Å². The SMILES string of the molecule is Cc1ccc(C(=O)Nc2nnc(SCc3cc(=O)c4ccccc4[nH]3)s2)cc1.